The van der Waals surface area contributed by atoms with Gasteiger partial charge in [-0.05, 0) is 42.5 Å². The Balaban J connectivity index is 1.71. The summed E-state index contributed by atoms with van der Waals surface area (Å²) in [5, 5.41) is 2.64. The fraction of sp³-hybridized carbons (Fsp3) is 0. The standard InChI is InChI=1S/C17H12FN3O/c18-12-5-7-13(8-6-12)21-17(22)10-9-14-11-19-15-3-1-2-4-16(15)20-14/h1-11H,(H,21,22)/b10-9+. The Kier molecular flexibility index (Phi) is 3.87. The fourth-order valence-corrected chi connectivity index (χ4v) is 1.93. The Bertz CT molecular complexity index is 844. The highest BCUT2D eigenvalue weighted by molar-refractivity contribution is 6.01. The first-order valence-electron chi connectivity index (χ1n) is 6.67. The van der Waals surface area contributed by atoms with E-state index in [1.807, 2.05) is 24.3 Å². The number of rotatable bonds is 3. The monoisotopic (exact) mass is 293 g/mol. The van der Waals surface area contributed by atoms with Gasteiger partial charge < -0.3 is 5.32 Å². The minimum absolute atomic E-state index is 0.318. The highest BCUT2D eigenvalue weighted by Gasteiger charge is 2.00. The number of anilines is 1. The number of halogens is 1. The van der Waals surface area contributed by atoms with Gasteiger partial charge in [0, 0.05) is 11.8 Å². The third-order valence-corrected chi connectivity index (χ3v) is 2.98. The Labute approximate surface area is 126 Å². The number of hydrogen-bond acceptors (Lipinski definition) is 3. The normalized spacial score (nSPS) is 11.0. The van der Waals surface area contributed by atoms with Crippen molar-refractivity contribution in [3.63, 3.8) is 0 Å². The third-order valence-electron chi connectivity index (χ3n) is 2.98. The molecule has 0 spiro atoms. The predicted molar refractivity (Wildman–Crippen MR) is 83.6 cm³/mol. The topological polar surface area (TPSA) is 54.9 Å². The molecular formula is C17H12FN3O. The van der Waals surface area contributed by atoms with E-state index in [2.05, 4.69) is 15.3 Å². The number of amides is 1. The number of benzene rings is 2. The average Bonchev–Trinajstić information content (AvgIpc) is 2.55. The zero-order chi connectivity index (χ0) is 15.4. The van der Waals surface area contributed by atoms with E-state index in [0.717, 1.165) is 11.0 Å². The Morgan fingerprint density at radius 2 is 1.77 bits per heavy atom. The summed E-state index contributed by atoms with van der Waals surface area (Å²) in [5.41, 5.74) is 2.69. The molecule has 5 heteroatoms. The molecule has 0 aliphatic carbocycles. The zero-order valence-corrected chi connectivity index (χ0v) is 11.5. The molecule has 1 aromatic heterocycles. The van der Waals surface area contributed by atoms with Crippen molar-refractivity contribution in [2.75, 3.05) is 5.32 Å². The predicted octanol–water partition coefficient (Wildman–Crippen LogP) is 3.42. The van der Waals surface area contributed by atoms with Crippen molar-refractivity contribution in [3.05, 3.63) is 72.3 Å². The summed E-state index contributed by atoms with van der Waals surface area (Å²) in [6.07, 6.45) is 4.55. The van der Waals surface area contributed by atoms with Crippen molar-refractivity contribution in [2.45, 2.75) is 0 Å². The van der Waals surface area contributed by atoms with Crippen LogP contribution in [0, 0.1) is 5.82 Å². The summed E-state index contributed by atoms with van der Waals surface area (Å²) in [5.74, 6) is -0.665. The summed E-state index contributed by atoms with van der Waals surface area (Å²) in [6.45, 7) is 0. The van der Waals surface area contributed by atoms with E-state index in [1.54, 1.807) is 12.3 Å². The molecule has 1 heterocycles. The van der Waals surface area contributed by atoms with E-state index < -0.39 is 0 Å². The number of fused-ring (bicyclic) bond motifs is 1. The molecule has 1 N–H and O–H groups in total. The Morgan fingerprint density at radius 1 is 1.05 bits per heavy atom. The van der Waals surface area contributed by atoms with Crippen LogP contribution in [-0.4, -0.2) is 15.9 Å². The van der Waals surface area contributed by atoms with Crippen LogP contribution in [0.1, 0.15) is 5.69 Å². The second-order valence-electron chi connectivity index (χ2n) is 4.61. The van der Waals surface area contributed by atoms with Crippen LogP contribution in [0.3, 0.4) is 0 Å². The lowest BCUT2D eigenvalue weighted by Crippen LogP contribution is -2.07. The van der Waals surface area contributed by atoms with Gasteiger partial charge in [0.05, 0.1) is 22.9 Å². The molecule has 1 amide bonds. The molecule has 0 unspecified atom stereocenters. The van der Waals surface area contributed by atoms with Crippen LogP contribution in [0.5, 0.6) is 0 Å². The molecule has 3 aromatic rings. The van der Waals surface area contributed by atoms with Crippen molar-refractivity contribution >= 4 is 28.7 Å². The van der Waals surface area contributed by atoms with Gasteiger partial charge in [-0.3, -0.25) is 9.78 Å². The van der Waals surface area contributed by atoms with E-state index in [9.17, 15) is 9.18 Å². The van der Waals surface area contributed by atoms with Crippen LogP contribution in [0.2, 0.25) is 0 Å². The second-order valence-corrected chi connectivity index (χ2v) is 4.61. The number of para-hydroxylation sites is 2. The molecule has 108 valence electrons. The maximum Gasteiger partial charge on any atom is 0.248 e. The van der Waals surface area contributed by atoms with E-state index in [1.165, 1.54) is 30.3 Å². The van der Waals surface area contributed by atoms with Crippen LogP contribution < -0.4 is 5.32 Å². The van der Waals surface area contributed by atoms with Gasteiger partial charge in [0.1, 0.15) is 5.82 Å². The van der Waals surface area contributed by atoms with E-state index in [-0.39, 0.29) is 11.7 Å². The molecule has 0 saturated carbocycles. The van der Waals surface area contributed by atoms with Crippen LogP contribution >= 0.6 is 0 Å². The Hall–Kier alpha value is -3.08. The maximum atomic E-state index is 12.8. The molecule has 0 bridgehead atoms. The third kappa shape index (κ3) is 3.32. The number of hydrogen-bond donors (Lipinski definition) is 1. The molecule has 4 nitrogen and oxygen atoms in total. The van der Waals surface area contributed by atoms with Crippen molar-refractivity contribution in [1.29, 1.82) is 0 Å². The number of carbonyl (C=O) groups excluding carboxylic acids is 1. The van der Waals surface area contributed by atoms with Crippen molar-refractivity contribution < 1.29 is 9.18 Å². The van der Waals surface area contributed by atoms with Gasteiger partial charge in [0.2, 0.25) is 5.91 Å². The van der Waals surface area contributed by atoms with Crippen molar-refractivity contribution in [2.24, 2.45) is 0 Å². The van der Waals surface area contributed by atoms with Gasteiger partial charge in [-0.1, -0.05) is 12.1 Å². The molecule has 0 aliphatic rings. The first kappa shape index (κ1) is 13.9. The fourth-order valence-electron chi connectivity index (χ4n) is 1.93. The van der Waals surface area contributed by atoms with Crippen LogP contribution in [-0.2, 0) is 4.79 Å². The van der Waals surface area contributed by atoms with E-state index in [0.29, 0.717) is 11.4 Å². The van der Waals surface area contributed by atoms with Crippen LogP contribution in [0.4, 0.5) is 10.1 Å². The summed E-state index contributed by atoms with van der Waals surface area (Å²) < 4.78 is 12.8. The van der Waals surface area contributed by atoms with Crippen molar-refractivity contribution in [1.82, 2.24) is 9.97 Å². The first-order valence-corrected chi connectivity index (χ1v) is 6.67. The van der Waals surface area contributed by atoms with Gasteiger partial charge in [-0.15, -0.1) is 0 Å². The zero-order valence-electron chi connectivity index (χ0n) is 11.5. The van der Waals surface area contributed by atoms with Crippen LogP contribution in [0.25, 0.3) is 17.1 Å². The van der Waals surface area contributed by atoms with Gasteiger partial charge in [0.15, 0.2) is 0 Å². The smallest absolute Gasteiger partial charge is 0.248 e. The second kappa shape index (κ2) is 6.13. The lowest BCUT2D eigenvalue weighted by molar-refractivity contribution is -0.111. The van der Waals surface area contributed by atoms with Gasteiger partial charge >= 0.3 is 0 Å². The summed E-state index contributed by atoms with van der Waals surface area (Å²) >= 11 is 0. The highest BCUT2D eigenvalue weighted by Crippen LogP contribution is 2.10. The molecule has 0 aliphatic heterocycles. The molecule has 0 saturated heterocycles. The lowest BCUT2D eigenvalue weighted by atomic mass is 10.3. The summed E-state index contributed by atoms with van der Waals surface area (Å²) in [6, 6.07) is 13.1. The van der Waals surface area contributed by atoms with Gasteiger partial charge in [0.25, 0.3) is 0 Å². The molecule has 0 radical (unpaired) electrons. The molecule has 0 atom stereocenters. The number of aromatic nitrogens is 2. The number of carbonyl (C=O) groups is 1. The molecule has 22 heavy (non-hydrogen) atoms. The number of nitrogens with one attached hydrogen (secondary N) is 1. The largest absolute Gasteiger partial charge is 0.323 e. The summed E-state index contributed by atoms with van der Waals surface area (Å²) in [7, 11) is 0. The van der Waals surface area contributed by atoms with E-state index >= 15 is 0 Å². The molecular weight excluding hydrogens is 281 g/mol. The van der Waals surface area contributed by atoms with Crippen LogP contribution in [0.15, 0.2) is 60.8 Å². The van der Waals surface area contributed by atoms with Gasteiger partial charge in [-0.25, -0.2) is 9.37 Å². The summed E-state index contributed by atoms with van der Waals surface area (Å²) in [4.78, 5) is 20.4. The first-order chi connectivity index (χ1) is 10.7. The maximum absolute atomic E-state index is 12.8. The lowest BCUT2D eigenvalue weighted by Gasteiger charge is -2.01. The van der Waals surface area contributed by atoms with E-state index in [4.69, 9.17) is 0 Å². The molecule has 0 fully saturated rings. The van der Waals surface area contributed by atoms with Gasteiger partial charge in [-0.2, -0.15) is 0 Å². The average molecular weight is 293 g/mol. The quantitative estimate of drug-likeness (QED) is 0.753. The number of nitrogens with zero attached hydrogens (tertiary/aromatic N) is 2. The molecule has 3 rings (SSSR count). The minimum Gasteiger partial charge on any atom is -0.323 e. The highest BCUT2D eigenvalue weighted by atomic mass is 19.1. The SMILES string of the molecule is O=C(/C=C/c1cnc2ccccc2n1)Nc1ccc(F)cc1. The minimum atomic E-state index is -0.347. The molecule has 2 aromatic carbocycles. The Morgan fingerprint density at radius 3 is 2.55 bits per heavy atom. The van der Waals surface area contributed by atoms with Crippen molar-refractivity contribution in [3.8, 4) is 0 Å².